The second kappa shape index (κ2) is 8.10. The van der Waals surface area contributed by atoms with E-state index in [1.54, 1.807) is 12.1 Å². The van der Waals surface area contributed by atoms with E-state index in [0.29, 0.717) is 18.8 Å². The Morgan fingerprint density at radius 1 is 1.09 bits per heavy atom. The van der Waals surface area contributed by atoms with Gasteiger partial charge < -0.3 is 9.84 Å². The summed E-state index contributed by atoms with van der Waals surface area (Å²) >= 11 is 0. The summed E-state index contributed by atoms with van der Waals surface area (Å²) in [6.07, 6.45) is -0.389. The summed E-state index contributed by atoms with van der Waals surface area (Å²) in [5.41, 5.74) is 0.771. The number of hydrogen-bond acceptors (Lipinski definition) is 4. The molecule has 0 heterocycles. The first-order chi connectivity index (χ1) is 11.0. The quantitative estimate of drug-likeness (QED) is 0.777. The molecule has 0 fully saturated rings. The van der Waals surface area contributed by atoms with Crippen molar-refractivity contribution in [3.05, 3.63) is 60.2 Å². The van der Waals surface area contributed by atoms with Crippen LogP contribution in [0.4, 0.5) is 0 Å². The molecule has 23 heavy (non-hydrogen) atoms. The SMILES string of the molecule is CCOc1ccc(S(=O)(=O)NCCC(O)c2ccccc2)cc1. The lowest BCUT2D eigenvalue weighted by atomic mass is 10.1. The summed E-state index contributed by atoms with van der Waals surface area (Å²) in [5.74, 6) is 0.631. The minimum absolute atomic E-state index is 0.158. The molecule has 2 aromatic rings. The van der Waals surface area contributed by atoms with E-state index in [2.05, 4.69) is 4.72 Å². The highest BCUT2D eigenvalue weighted by atomic mass is 32.2. The monoisotopic (exact) mass is 335 g/mol. The fraction of sp³-hybridized carbons (Fsp3) is 0.294. The van der Waals surface area contributed by atoms with Gasteiger partial charge in [-0.2, -0.15) is 0 Å². The van der Waals surface area contributed by atoms with E-state index in [-0.39, 0.29) is 11.4 Å². The molecule has 0 spiro atoms. The molecule has 0 bridgehead atoms. The molecule has 6 heteroatoms. The predicted molar refractivity (Wildman–Crippen MR) is 88.8 cm³/mol. The number of benzene rings is 2. The fourth-order valence-corrected chi connectivity index (χ4v) is 3.18. The minimum atomic E-state index is -3.59. The number of rotatable bonds is 8. The molecule has 2 N–H and O–H groups in total. The number of ether oxygens (including phenoxy) is 1. The zero-order valence-electron chi connectivity index (χ0n) is 13.0. The van der Waals surface area contributed by atoms with Crippen LogP contribution in [0.3, 0.4) is 0 Å². The van der Waals surface area contributed by atoms with E-state index in [1.807, 2.05) is 37.3 Å². The maximum absolute atomic E-state index is 12.2. The number of sulfonamides is 1. The normalized spacial score (nSPS) is 12.8. The van der Waals surface area contributed by atoms with E-state index in [1.165, 1.54) is 12.1 Å². The summed E-state index contributed by atoms with van der Waals surface area (Å²) in [6.45, 7) is 2.55. The molecule has 0 aliphatic rings. The van der Waals surface area contributed by atoms with Crippen LogP contribution in [0.15, 0.2) is 59.5 Å². The van der Waals surface area contributed by atoms with E-state index >= 15 is 0 Å². The molecule has 2 rings (SSSR count). The zero-order valence-corrected chi connectivity index (χ0v) is 13.8. The Kier molecular flexibility index (Phi) is 6.15. The third kappa shape index (κ3) is 5.06. The minimum Gasteiger partial charge on any atom is -0.494 e. The van der Waals surface area contributed by atoms with Crippen molar-refractivity contribution in [3.8, 4) is 5.75 Å². The van der Waals surface area contributed by atoms with Crippen LogP contribution in [0, 0.1) is 0 Å². The largest absolute Gasteiger partial charge is 0.494 e. The van der Waals surface area contributed by atoms with Crippen LogP contribution in [0.2, 0.25) is 0 Å². The number of hydrogen-bond donors (Lipinski definition) is 2. The van der Waals surface area contributed by atoms with Gasteiger partial charge in [0.2, 0.25) is 10.0 Å². The highest BCUT2D eigenvalue weighted by Gasteiger charge is 2.15. The highest BCUT2D eigenvalue weighted by Crippen LogP contribution is 2.17. The van der Waals surface area contributed by atoms with Gasteiger partial charge in [-0.1, -0.05) is 30.3 Å². The molecule has 0 aromatic heterocycles. The van der Waals surface area contributed by atoms with Gasteiger partial charge in [-0.3, -0.25) is 0 Å². The third-order valence-corrected chi connectivity index (χ3v) is 4.82. The molecule has 0 saturated carbocycles. The van der Waals surface area contributed by atoms with Crippen LogP contribution in [0.1, 0.15) is 25.0 Å². The van der Waals surface area contributed by atoms with Crippen molar-refractivity contribution in [1.29, 1.82) is 0 Å². The second-order valence-electron chi connectivity index (χ2n) is 5.02. The van der Waals surface area contributed by atoms with Gasteiger partial charge in [0.15, 0.2) is 0 Å². The second-order valence-corrected chi connectivity index (χ2v) is 6.78. The van der Waals surface area contributed by atoms with Crippen molar-refractivity contribution < 1.29 is 18.3 Å². The lowest BCUT2D eigenvalue weighted by molar-refractivity contribution is 0.169. The molecular formula is C17H21NO4S. The first-order valence-corrected chi connectivity index (χ1v) is 8.97. The average molecular weight is 335 g/mol. The molecule has 5 nitrogen and oxygen atoms in total. The van der Waals surface area contributed by atoms with Crippen molar-refractivity contribution in [2.75, 3.05) is 13.2 Å². The van der Waals surface area contributed by atoms with Gasteiger partial charge in [-0.25, -0.2) is 13.1 Å². The van der Waals surface area contributed by atoms with Gasteiger partial charge in [-0.05, 0) is 43.2 Å². The summed E-state index contributed by atoms with van der Waals surface area (Å²) in [5, 5.41) is 10.0. The standard InChI is InChI=1S/C17H21NO4S/c1-2-22-15-8-10-16(11-9-15)23(20,21)18-13-12-17(19)14-6-4-3-5-7-14/h3-11,17-19H,2,12-13H2,1H3. The molecule has 1 atom stereocenters. The van der Waals surface area contributed by atoms with Gasteiger partial charge in [0.05, 0.1) is 17.6 Å². The summed E-state index contributed by atoms with van der Waals surface area (Å²) in [6, 6.07) is 15.4. The van der Waals surface area contributed by atoms with Crippen LogP contribution in [0.5, 0.6) is 5.75 Å². The number of nitrogens with one attached hydrogen (secondary N) is 1. The molecule has 0 aliphatic heterocycles. The third-order valence-electron chi connectivity index (χ3n) is 3.34. The Bertz CT molecular complexity index is 699. The van der Waals surface area contributed by atoms with E-state index in [0.717, 1.165) is 5.56 Å². The molecule has 0 saturated heterocycles. The summed E-state index contributed by atoms with van der Waals surface area (Å²) in [7, 11) is -3.59. The fourth-order valence-electron chi connectivity index (χ4n) is 2.14. The van der Waals surface area contributed by atoms with Crippen molar-refractivity contribution in [2.24, 2.45) is 0 Å². The summed E-state index contributed by atoms with van der Waals surface area (Å²) in [4.78, 5) is 0.176. The van der Waals surface area contributed by atoms with Gasteiger partial charge in [0, 0.05) is 6.54 Å². The molecule has 0 aliphatic carbocycles. The Hall–Kier alpha value is -1.89. The Morgan fingerprint density at radius 3 is 2.35 bits per heavy atom. The molecule has 0 amide bonds. The Labute approximate surface area is 137 Å². The molecule has 2 aromatic carbocycles. The van der Waals surface area contributed by atoms with E-state index in [9.17, 15) is 13.5 Å². The van der Waals surface area contributed by atoms with Crippen molar-refractivity contribution >= 4 is 10.0 Å². The van der Waals surface area contributed by atoms with E-state index in [4.69, 9.17) is 4.74 Å². The van der Waals surface area contributed by atoms with Gasteiger partial charge >= 0.3 is 0 Å². The molecular weight excluding hydrogens is 314 g/mol. The number of aliphatic hydroxyl groups excluding tert-OH is 1. The van der Waals surface area contributed by atoms with Gasteiger partial charge in [0.25, 0.3) is 0 Å². The predicted octanol–water partition coefficient (Wildman–Crippen LogP) is 2.49. The van der Waals surface area contributed by atoms with Crippen molar-refractivity contribution in [2.45, 2.75) is 24.3 Å². The summed E-state index contributed by atoms with van der Waals surface area (Å²) < 4.78 is 32.2. The first kappa shape index (κ1) is 17.5. The maximum Gasteiger partial charge on any atom is 0.240 e. The van der Waals surface area contributed by atoms with Crippen LogP contribution in [-0.2, 0) is 10.0 Å². The molecule has 124 valence electrons. The van der Waals surface area contributed by atoms with Crippen molar-refractivity contribution in [3.63, 3.8) is 0 Å². The van der Waals surface area contributed by atoms with Crippen molar-refractivity contribution in [1.82, 2.24) is 4.72 Å². The van der Waals surface area contributed by atoms with Crippen LogP contribution < -0.4 is 9.46 Å². The first-order valence-electron chi connectivity index (χ1n) is 7.48. The van der Waals surface area contributed by atoms with Crippen LogP contribution >= 0.6 is 0 Å². The Morgan fingerprint density at radius 2 is 1.74 bits per heavy atom. The van der Waals surface area contributed by atoms with Gasteiger partial charge in [0.1, 0.15) is 5.75 Å². The van der Waals surface area contributed by atoms with E-state index < -0.39 is 16.1 Å². The van der Waals surface area contributed by atoms with Crippen LogP contribution in [0.25, 0.3) is 0 Å². The average Bonchev–Trinajstić information content (AvgIpc) is 2.56. The van der Waals surface area contributed by atoms with Crippen LogP contribution in [-0.4, -0.2) is 26.7 Å². The smallest absolute Gasteiger partial charge is 0.240 e. The topological polar surface area (TPSA) is 75.6 Å². The lowest BCUT2D eigenvalue weighted by Crippen LogP contribution is -2.25. The van der Waals surface area contributed by atoms with Gasteiger partial charge in [-0.15, -0.1) is 0 Å². The highest BCUT2D eigenvalue weighted by molar-refractivity contribution is 7.89. The Balaban J connectivity index is 1.91. The molecule has 0 radical (unpaired) electrons. The number of aliphatic hydroxyl groups is 1. The lowest BCUT2D eigenvalue weighted by Gasteiger charge is -2.12. The molecule has 1 unspecified atom stereocenters. The maximum atomic E-state index is 12.2. The zero-order chi connectivity index (χ0) is 16.7.